The molecule has 4 N–H and O–H groups in total. The van der Waals surface area contributed by atoms with Crippen molar-refractivity contribution >= 4 is 45.2 Å². The number of aliphatic hydroxyl groups is 2. The SMILES string of the molecule is CCCOCCC(=O)N[C@H](CSCC1CCCC(O)[C@@H](OC2CC(COCO)C2C)O1)C(=O)NCCSSc1ccccn1. The number of pyridine rings is 1. The van der Waals surface area contributed by atoms with E-state index < -0.39 is 18.4 Å². The largest absolute Gasteiger partial charge is 0.388 e. The molecule has 2 heterocycles. The topological polar surface area (TPSA) is 148 Å². The second-order valence-electron chi connectivity index (χ2n) is 11.0. The number of hydrogen-bond donors (Lipinski definition) is 4. The summed E-state index contributed by atoms with van der Waals surface area (Å²) < 4.78 is 23.0. The van der Waals surface area contributed by atoms with Gasteiger partial charge in [0.05, 0.1) is 25.4 Å². The molecule has 11 nitrogen and oxygen atoms in total. The molecule has 2 fully saturated rings. The van der Waals surface area contributed by atoms with Crippen LogP contribution < -0.4 is 10.6 Å². The van der Waals surface area contributed by atoms with Crippen LogP contribution in [0.2, 0.25) is 0 Å². The van der Waals surface area contributed by atoms with Gasteiger partial charge in [0.1, 0.15) is 24.0 Å². The van der Waals surface area contributed by atoms with Crippen molar-refractivity contribution < 1.29 is 38.7 Å². The smallest absolute Gasteiger partial charge is 0.243 e. The summed E-state index contributed by atoms with van der Waals surface area (Å²) in [6.45, 7) is 5.68. The Hall–Kier alpha value is -1.10. The summed E-state index contributed by atoms with van der Waals surface area (Å²) >= 11 is 1.55. The Morgan fingerprint density at radius 3 is 2.84 bits per heavy atom. The van der Waals surface area contributed by atoms with E-state index in [2.05, 4.69) is 22.5 Å². The second kappa shape index (κ2) is 21.6. The van der Waals surface area contributed by atoms with Crippen molar-refractivity contribution in [2.24, 2.45) is 11.8 Å². The van der Waals surface area contributed by atoms with Crippen LogP contribution in [0.1, 0.15) is 52.4 Å². The molecular formula is C30H49N3O8S3. The number of thioether (sulfide) groups is 1. The number of aliphatic hydroxyl groups excluding tert-OH is 2. The van der Waals surface area contributed by atoms with Crippen LogP contribution in [0.5, 0.6) is 0 Å². The van der Waals surface area contributed by atoms with Gasteiger partial charge in [-0.3, -0.25) is 9.59 Å². The predicted molar refractivity (Wildman–Crippen MR) is 174 cm³/mol. The first kappa shape index (κ1) is 37.4. The maximum Gasteiger partial charge on any atom is 0.243 e. The molecule has 0 bridgehead atoms. The van der Waals surface area contributed by atoms with Crippen LogP contribution in [-0.2, 0) is 28.5 Å². The van der Waals surface area contributed by atoms with Crippen LogP contribution in [0.4, 0.5) is 0 Å². The Morgan fingerprint density at radius 1 is 1.23 bits per heavy atom. The lowest BCUT2D eigenvalue weighted by molar-refractivity contribution is -0.258. The molecule has 2 amide bonds. The van der Waals surface area contributed by atoms with E-state index in [1.54, 1.807) is 39.5 Å². The summed E-state index contributed by atoms with van der Waals surface area (Å²) in [7, 11) is 3.16. The molecule has 0 radical (unpaired) electrons. The Balaban J connectivity index is 1.45. The fraction of sp³-hybridized carbons (Fsp3) is 0.767. The van der Waals surface area contributed by atoms with Gasteiger partial charge in [0.15, 0.2) is 6.29 Å². The summed E-state index contributed by atoms with van der Waals surface area (Å²) in [6.07, 6.45) is 4.23. The first-order valence-electron chi connectivity index (χ1n) is 15.5. The highest BCUT2D eigenvalue weighted by atomic mass is 33.1. The molecule has 14 heteroatoms. The highest BCUT2D eigenvalue weighted by Gasteiger charge is 2.42. The molecule has 1 saturated carbocycles. The molecule has 250 valence electrons. The Kier molecular flexibility index (Phi) is 18.4. The Labute approximate surface area is 273 Å². The van der Waals surface area contributed by atoms with Crippen LogP contribution in [0.3, 0.4) is 0 Å². The van der Waals surface area contributed by atoms with Crippen LogP contribution in [0.25, 0.3) is 0 Å². The Bertz CT molecular complexity index is 953. The molecular weight excluding hydrogens is 627 g/mol. The van der Waals surface area contributed by atoms with Crippen molar-refractivity contribution in [2.75, 3.05) is 50.4 Å². The van der Waals surface area contributed by atoms with Gasteiger partial charge in [-0.2, -0.15) is 11.8 Å². The third-order valence-electron chi connectivity index (χ3n) is 7.59. The first-order chi connectivity index (χ1) is 21.4. The predicted octanol–water partition coefficient (Wildman–Crippen LogP) is 3.24. The molecule has 7 atom stereocenters. The summed E-state index contributed by atoms with van der Waals surface area (Å²) in [5.74, 6) is 1.81. The fourth-order valence-corrected chi connectivity index (χ4v) is 7.81. The lowest BCUT2D eigenvalue weighted by atomic mass is 9.72. The van der Waals surface area contributed by atoms with Crippen LogP contribution >= 0.6 is 33.3 Å². The highest BCUT2D eigenvalue weighted by molar-refractivity contribution is 8.76. The maximum absolute atomic E-state index is 13.1. The van der Waals surface area contributed by atoms with Crippen LogP contribution in [0.15, 0.2) is 29.4 Å². The molecule has 1 aliphatic heterocycles. The number of ether oxygens (including phenoxy) is 4. The molecule has 2 aliphatic rings. The molecule has 1 aromatic heterocycles. The number of amides is 2. The van der Waals surface area contributed by atoms with Gasteiger partial charge in [0.25, 0.3) is 0 Å². The summed E-state index contributed by atoms with van der Waals surface area (Å²) in [4.78, 5) is 30.0. The minimum atomic E-state index is -0.710. The number of nitrogens with zero attached hydrogens (tertiary/aromatic N) is 1. The van der Waals surface area contributed by atoms with Gasteiger partial charge >= 0.3 is 0 Å². The number of nitrogens with one attached hydrogen (secondary N) is 2. The summed E-state index contributed by atoms with van der Waals surface area (Å²) in [5.41, 5.74) is 0. The third-order valence-corrected chi connectivity index (χ3v) is 11.0. The molecule has 5 unspecified atom stereocenters. The van der Waals surface area contributed by atoms with E-state index >= 15 is 0 Å². The van der Waals surface area contributed by atoms with Crippen LogP contribution in [0, 0.1) is 11.8 Å². The van der Waals surface area contributed by atoms with E-state index in [0.29, 0.717) is 56.0 Å². The van der Waals surface area contributed by atoms with E-state index in [1.807, 2.05) is 25.1 Å². The Morgan fingerprint density at radius 2 is 2.09 bits per heavy atom. The molecule has 3 rings (SSSR count). The zero-order valence-electron chi connectivity index (χ0n) is 25.8. The zero-order chi connectivity index (χ0) is 31.6. The van der Waals surface area contributed by atoms with Crippen molar-refractivity contribution in [3.8, 4) is 0 Å². The third kappa shape index (κ3) is 13.7. The van der Waals surface area contributed by atoms with Crippen molar-refractivity contribution in [3.63, 3.8) is 0 Å². The van der Waals surface area contributed by atoms with Gasteiger partial charge in [0, 0.05) is 43.0 Å². The van der Waals surface area contributed by atoms with E-state index in [0.717, 1.165) is 30.7 Å². The van der Waals surface area contributed by atoms with Gasteiger partial charge in [-0.05, 0) is 66.9 Å². The van der Waals surface area contributed by atoms with Crippen molar-refractivity contribution in [3.05, 3.63) is 24.4 Å². The quantitative estimate of drug-likeness (QED) is 0.0862. The number of aromatic nitrogens is 1. The average molecular weight is 676 g/mol. The van der Waals surface area contributed by atoms with Gasteiger partial charge in [-0.1, -0.05) is 30.7 Å². The van der Waals surface area contributed by atoms with Crippen LogP contribution in [-0.4, -0.2) is 108 Å². The van der Waals surface area contributed by atoms with Gasteiger partial charge in [0.2, 0.25) is 11.8 Å². The monoisotopic (exact) mass is 675 g/mol. The molecule has 0 spiro atoms. The second-order valence-corrected chi connectivity index (χ2v) is 14.5. The number of carbonyl (C=O) groups is 2. The van der Waals surface area contributed by atoms with E-state index in [9.17, 15) is 14.7 Å². The highest BCUT2D eigenvalue weighted by Crippen LogP contribution is 2.39. The summed E-state index contributed by atoms with van der Waals surface area (Å²) in [5, 5.41) is 26.3. The summed E-state index contributed by atoms with van der Waals surface area (Å²) in [6, 6.07) is 5.06. The average Bonchev–Trinajstić information content (AvgIpc) is 3.20. The van der Waals surface area contributed by atoms with Gasteiger partial charge < -0.3 is 39.8 Å². The minimum absolute atomic E-state index is 0.0292. The molecule has 1 aliphatic carbocycles. The standard InChI is InChI=1S/C30H49N3O8S3/c1-3-13-38-14-10-27(36)33-24(29(37)32-12-15-43-44-28-9-4-5-11-31-28)19-42-18-23-7-6-8-25(35)30(40-23)41-26-16-22(21(26)2)17-39-20-34/h4-5,9,11,21-26,30,34-35H,3,6-8,10,12-20H2,1-2H3,(H,32,37)(H,33,36)/t21?,22?,23?,24-,25?,26?,30-/m1/s1. The normalized spacial score (nSPS) is 25.9. The van der Waals surface area contributed by atoms with Gasteiger partial charge in [-0.15, -0.1) is 0 Å². The number of hydrogen-bond acceptors (Lipinski definition) is 12. The van der Waals surface area contributed by atoms with E-state index in [4.69, 9.17) is 24.1 Å². The van der Waals surface area contributed by atoms with E-state index in [1.165, 1.54) is 0 Å². The van der Waals surface area contributed by atoms with Crippen molar-refractivity contribution in [1.82, 2.24) is 15.6 Å². The maximum atomic E-state index is 13.1. The molecule has 1 aromatic rings. The first-order valence-corrected chi connectivity index (χ1v) is 19.0. The lowest BCUT2D eigenvalue weighted by Gasteiger charge is -2.44. The lowest BCUT2D eigenvalue weighted by Crippen LogP contribution is -2.49. The fourth-order valence-electron chi connectivity index (χ4n) is 4.91. The number of carbonyl (C=O) groups excluding carboxylic acids is 2. The molecule has 1 saturated heterocycles. The van der Waals surface area contributed by atoms with Crippen molar-refractivity contribution in [2.45, 2.75) is 88.0 Å². The van der Waals surface area contributed by atoms with E-state index in [-0.39, 0.29) is 43.2 Å². The zero-order valence-corrected chi connectivity index (χ0v) is 28.2. The minimum Gasteiger partial charge on any atom is -0.388 e. The molecule has 44 heavy (non-hydrogen) atoms. The van der Waals surface area contributed by atoms with Crippen molar-refractivity contribution in [1.29, 1.82) is 0 Å². The number of rotatable bonds is 21. The molecule has 0 aromatic carbocycles. The van der Waals surface area contributed by atoms with Gasteiger partial charge in [-0.25, -0.2) is 4.98 Å².